The van der Waals surface area contributed by atoms with Crippen LogP contribution in [-0.4, -0.2) is 49.7 Å². The maximum absolute atomic E-state index is 12.8. The van der Waals surface area contributed by atoms with Crippen LogP contribution in [-0.2, 0) is 0 Å². The number of rotatable bonds is 3. The number of aromatic nitrogens is 3. The van der Waals surface area contributed by atoms with E-state index < -0.39 is 5.97 Å². The average Bonchev–Trinajstić information content (AvgIpc) is 3.30. The molecule has 0 radical (unpaired) electrons. The summed E-state index contributed by atoms with van der Waals surface area (Å²) in [6.45, 7) is 1.23. The van der Waals surface area contributed by atoms with Crippen molar-refractivity contribution in [2.45, 2.75) is 18.9 Å². The van der Waals surface area contributed by atoms with Crippen LogP contribution in [0.3, 0.4) is 0 Å². The van der Waals surface area contributed by atoms with Crippen molar-refractivity contribution < 1.29 is 14.7 Å². The molecule has 2 N–H and O–H groups in total. The molecule has 7 nitrogen and oxygen atoms in total. The van der Waals surface area contributed by atoms with E-state index in [0.29, 0.717) is 18.7 Å². The highest BCUT2D eigenvalue weighted by Gasteiger charge is 2.26. The van der Waals surface area contributed by atoms with Gasteiger partial charge in [-0.15, -0.1) is 0 Å². The molecule has 1 saturated heterocycles. The minimum Gasteiger partial charge on any atom is -0.478 e. The van der Waals surface area contributed by atoms with Crippen LogP contribution in [0.1, 0.15) is 39.6 Å². The Morgan fingerprint density at radius 2 is 2.12 bits per heavy atom. The summed E-state index contributed by atoms with van der Waals surface area (Å²) in [4.78, 5) is 28.8. The molecule has 0 aliphatic carbocycles. The number of nitrogens with one attached hydrogen (secondary N) is 1. The van der Waals surface area contributed by atoms with Crippen LogP contribution in [0.15, 0.2) is 42.9 Å². The van der Waals surface area contributed by atoms with E-state index >= 15 is 0 Å². The van der Waals surface area contributed by atoms with Crippen molar-refractivity contribution in [2.75, 3.05) is 13.1 Å². The standard InChI is InChI=1S/C18H18N4O3/c23-17(13-3-4-16-12(8-13)5-6-19-16)21-7-1-2-15(11-21)22-10-14(9-20-22)18(24)25/h3-6,8-10,15,19H,1-2,7,11H2,(H,24,25)/t15-/m0/s1. The van der Waals surface area contributed by atoms with Crippen LogP contribution in [0.5, 0.6) is 0 Å². The molecule has 0 saturated carbocycles. The van der Waals surface area contributed by atoms with Crippen LogP contribution >= 0.6 is 0 Å². The van der Waals surface area contributed by atoms with Gasteiger partial charge in [-0.25, -0.2) is 4.79 Å². The predicted octanol–water partition coefficient (Wildman–Crippen LogP) is 2.54. The van der Waals surface area contributed by atoms with Crippen molar-refractivity contribution in [1.82, 2.24) is 19.7 Å². The molecule has 7 heteroatoms. The molecule has 1 aromatic carbocycles. The zero-order valence-corrected chi connectivity index (χ0v) is 13.6. The highest BCUT2D eigenvalue weighted by molar-refractivity contribution is 5.98. The third-order valence-corrected chi connectivity index (χ3v) is 4.71. The summed E-state index contributed by atoms with van der Waals surface area (Å²) < 4.78 is 1.66. The number of carboxylic acid groups (broad SMARTS) is 1. The molecule has 1 aliphatic heterocycles. The third-order valence-electron chi connectivity index (χ3n) is 4.71. The van der Waals surface area contributed by atoms with Crippen molar-refractivity contribution in [1.29, 1.82) is 0 Å². The summed E-state index contributed by atoms with van der Waals surface area (Å²) in [7, 11) is 0. The second-order valence-electron chi connectivity index (χ2n) is 6.34. The van der Waals surface area contributed by atoms with Gasteiger partial charge in [0.15, 0.2) is 0 Å². The number of nitrogens with zero attached hydrogens (tertiary/aromatic N) is 3. The second-order valence-corrected chi connectivity index (χ2v) is 6.34. The highest BCUT2D eigenvalue weighted by atomic mass is 16.4. The fourth-order valence-electron chi connectivity index (χ4n) is 3.37. The Bertz CT molecular complexity index is 943. The first-order valence-electron chi connectivity index (χ1n) is 8.26. The number of hydrogen-bond donors (Lipinski definition) is 2. The Hall–Kier alpha value is -3.09. The van der Waals surface area contributed by atoms with Gasteiger partial charge in [0.2, 0.25) is 0 Å². The predicted molar refractivity (Wildman–Crippen MR) is 91.7 cm³/mol. The quantitative estimate of drug-likeness (QED) is 0.768. The van der Waals surface area contributed by atoms with Gasteiger partial charge < -0.3 is 15.0 Å². The van der Waals surface area contributed by atoms with Gasteiger partial charge in [0, 0.05) is 41.9 Å². The number of benzene rings is 1. The SMILES string of the molecule is O=C(O)c1cnn([C@H]2CCCN(C(=O)c3ccc4[nH]ccc4c3)C2)c1. The topological polar surface area (TPSA) is 91.2 Å². The van der Waals surface area contributed by atoms with Crippen molar-refractivity contribution >= 4 is 22.8 Å². The van der Waals surface area contributed by atoms with Crippen LogP contribution in [0.2, 0.25) is 0 Å². The maximum atomic E-state index is 12.8. The molecule has 4 rings (SSSR count). The van der Waals surface area contributed by atoms with Gasteiger partial charge in [-0.1, -0.05) is 0 Å². The lowest BCUT2D eigenvalue weighted by Gasteiger charge is -2.33. The van der Waals surface area contributed by atoms with Gasteiger partial charge >= 0.3 is 5.97 Å². The lowest BCUT2D eigenvalue weighted by molar-refractivity contribution is 0.0666. The number of piperidine rings is 1. The number of hydrogen-bond acceptors (Lipinski definition) is 3. The number of likely N-dealkylation sites (tertiary alicyclic amines) is 1. The van der Waals surface area contributed by atoms with Crippen molar-refractivity contribution in [3.05, 3.63) is 54.0 Å². The number of H-pyrrole nitrogens is 1. The average molecular weight is 338 g/mol. The molecular weight excluding hydrogens is 320 g/mol. The largest absolute Gasteiger partial charge is 0.478 e. The molecule has 2 aromatic heterocycles. The Morgan fingerprint density at radius 1 is 1.24 bits per heavy atom. The number of amides is 1. The number of aromatic carboxylic acids is 1. The summed E-state index contributed by atoms with van der Waals surface area (Å²) >= 11 is 0. The molecule has 25 heavy (non-hydrogen) atoms. The van der Waals surface area contributed by atoms with E-state index in [1.165, 1.54) is 12.4 Å². The van der Waals surface area contributed by atoms with Crippen LogP contribution in [0, 0.1) is 0 Å². The first-order valence-corrected chi connectivity index (χ1v) is 8.26. The molecule has 0 unspecified atom stereocenters. The minimum absolute atomic E-state index is 0.00147. The zero-order chi connectivity index (χ0) is 17.4. The fraction of sp³-hybridized carbons (Fsp3) is 0.278. The number of carbonyl (C=O) groups excluding carboxylic acids is 1. The number of carboxylic acids is 1. The van der Waals surface area contributed by atoms with E-state index in [0.717, 1.165) is 23.7 Å². The highest BCUT2D eigenvalue weighted by Crippen LogP contribution is 2.24. The molecule has 128 valence electrons. The smallest absolute Gasteiger partial charge is 0.338 e. The Labute approximate surface area is 143 Å². The van der Waals surface area contributed by atoms with Gasteiger partial charge in [-0.2, -0.15) is 5.10 Å². The van der Waals surface area contributed by atoms with Crippen LogP contribution in [0.25, 0.3) is 10.9 Å². The third kappa shape index (κ3) is 2.88. The van der Waals surface area contributed by atoms with Gasteiger partial charge in [-0.3, -0.25) is 9.48 Å². The minimum atomic E-state index is -0.991. The lowest BCUT2D eigenvalue weighted by atomic mass is 10.0. The van der Waals surface area contributed by atoms with Crippen molar-refractivity contribution in [3.63, 3.8) is 0 Å². The molecule has 1 atom stereocenters. The van der Waals surface area contributed by atoms with Crippen LogP contribution < -0.4 is 0 Å². The van der Waals surface area contributed by atoms with Crippen molar-refractivity contribution in [3.8, 4) is 0 Å². The monoisotopic (exact) mass is 338 g/mol. The summed E-state index contributed by atoms with van der Waals surface area (Å²) in [5, 5.41) is 14.2. The normalized spacial score (nSPS) is 17.8. The zero-order valence-electron chi connectivity index (χ0n) is 13.6. The van der Waals surface area contributed by atoms with E-state index in [1.807, 2.05) is 35.4 Å². The van der Waals surface area contributed by atoms with Crippen molar-refractivity contribution in [2.24, 2.45) is 0 Å². The fourth-order valence-corrected chi connectivity index (χ4v) is 3.37. The second kappa shape index (κ2) is 6.08. The number of carbonyl (C=O) groups is 2. The number of fused-ring (bicyclic) bond motifs is 1. The molecule has 0 spiro atoms. The lowest BCUT2D eigenvalue weighted by Crippen LogP contribution is -2.40. The van der Waals surface area contributed by atoms with E-state index in [1.54, 1.807) is 4.68 Å². The maximum Gasteiger partial charge on any atom is 0.338 e. The molecule has 1 aliphatic rings. The van der Waals surface area contributed by atoms with Crippen LogP contribution in [0.4, 0.5) is 0 Å². The molecule has 0 bridgehead atoms. The first kappa shape index (κ1) is 15.4. The van der Waals surface area contributed by atoms with E-state index in [9.17, 15) is 9.59 Å². The van der Waals surface area contributed by atoms with E-state index in [-0.39, 0.29) is 17.5 Å². The molecule has 1 fully saturated rings. The van der Waals surface area contributed by atoms with Gasteiger partial charge in [0.25, 0.3) is 5.91 Å². The van der Waals surface area contributed by atoms with Gasteiger partial charge in [0.05, 0.1) is 17.8 Å². The molecule has 3 heterocycles. The Balaban J connectivity index is 1.53. The molecular formula is C18H18N4O3. The van der Waals surface area contributed by atoms with E-state index in [2.05, 4.69) is 10.1 Å². The van der Waals surface area contributed by atoms with E-state index in [4.69, 9.17) is 5.11 Å². The summed E-state index contributed by atoms with van der Waals surface area (Å²) in [6, 6.07) is 7.59. The van der Waals surface area contributed by atoms with Gasteiger partial charge in [-0.05, 0) is 37.1 Å². The number of aromatic amines is 1. The Morgan fingerprint density at radius 3 is 2.92 bits per heavy atom. The summed E-state index contributed by atoms with van der Waals surface area (Å²) in [6.07, 6.45) is 6.48. The molecule has 3 aromatic rings. The first-order chi connectivity index (χ1) is 12.1. The molecule has 1 amide bonds. The summed E-state index contributed by atoms with van der Waals surface area (Å²) in [5.74, 6) is -0.992. The van der Waals surface area contributed by atoms with Gasteiger partial charge in [0.1, 0.15) is 0 Å². The Kier molecular flexibility index (Phi) is 3.76. The summed E-state index contributed by atoms with van der Waals surface area (Å²) in [5.41, 5.74) is 1.84.